The van der Waals surface area contributed by atoms with Gasteiger partial charge < -0.3 is 8.43 Å². The Labute approximate surface area is 178 Å². The number of benzene rings is 4. The van der Waals surface area contributed by atoms with Crippen molar-refractivity contribution in [2.24, 2.45) is 0 Å². The minimum atomic E-state index is -3.06. The fourth-order valence-electron chi connectivity index (χ4n) is 4.49. The third-order valence-electron chi connectivity index (χ3n) is 5.69. The molecule has 3 nitrogen and oxygen atoms in total. The van der Waals surface area contributed by atoms with E-state index in [4.69, 9.17) is 8.43 Å². The van der Waals surface area contributed by atoms with Crippen LogP contribution in [0.5, 0.6) is 0 Å². The maximum atomic E-state index is 13.2. The van der Waals surface area contributed by atoms with Crippen molar-refractivity contribution >= 4 is 44.7 Å². The normalized spacial score (nSPS) is 17.6. The van der Waals surface area contributed by atoms with Crippen LogP contribution in [-0.2, 0) is 13.0 Å². The predicted molar refractivity (Wildman–Crippen MR) is 127 cm³/mol. The highest BCUT2D eigenvalue weighted by Crippen LogP contribution is 2.45. The van der Waals surface area contributed by atoms with E-state index in [1.165, 1.54) is 0 Å². The first-order chi connectivity index (χ1) is 14.8. The maximum Gasteiger partial charge on any atom is 0.300 e. The van der Waals surface area contributed by atoms with E-state index in [9.17, 15) is 4.57 Å². The Morgan fingerprint density at radius 1 is 0.433 bits per heavy atom. The average molecular weight is 445 g/mol. The molecule has 6 heteroatoms. The maximum absolute atomic E-state index is 13.2. The first-order valence-electron chi connectivity index (χ1n) is 9.91. The van der Waals surface area contributed by atoms with E-state index in [-0.39, 0.29) is 0 Å². The summed E-state index contributed by atoms with van der Waals surface area (Å²) in [5.41, 5.74) is 0. The van der Waals surface area contributed by atoms with Crippen LogP contribution in [0.1, 0.15) is 0 Å². The summed E-state index contributed by atoms with van der Waals surface area (Å²) in [5.74, 6) is 0. The fraction of sp³-hybridized carbons (Fsp3) is 0. The van der Waals surface area contributed by atoms with Gasteiger partial charge in [-0.25, -0.2) is 0 Å². The van der Waals surface area contributed by atoms with Crippen LogP contribution < -0.4 is 20.7 Å². The molecule has 1 fully saturated rings. The van der Waals surface area contributed by atoms with Crippen LogP contribution in [0.2, 0.25) is 0 Å². The monoisotopic (exact) mass is 444 g/mol. The van der Waals surface area contributed by atoms with Crippen LogP contribution in [0.25, 0.3) is 0 Å². The molecular weight excluding hydrogens is 423 g/mol. The lowest BCUT2D eigenvalue weighted by Crippen LogP contribution is -2.84. The van der Waals surface area contributed by atoms with Crippen molar-refractivity contribution in [3.63, 3.8) is 0 Å². The molecule has 148 valence electrons. The van der Waals surface area contributed by atoms with Gasteiger partial charge in [-0.05, 0) is 20.7 Å². The second kappa shape index (κ2) is 7.95. The minimum absolute atomic E-state index is 1.09. The zero-order valence-corrected chi connectivity index (χ0v) is 19.3. The van der Waals surface area contributed by atoms with Gasteiger partial charge in [-0.15, -0.1) is 0 Å². The minimum Gasteiger partial charge on any atom is -0.342 e. The van der Waals surface area contributed by atoms with Crippen molar-refractivity contribution < 1.29 is 13.0 Å². The summed E-state index contributed by atoms with van der Waals surface area (Å²) in [7, 11) is -8.80. The Morgan fingerprint density at radius 3 is 0.900 bits per heavy atom. The zero-order chi connectivity index (χ0) is 20.4. The Morgan fingerprint density at radius 2 is 0.667 bits per heavy atom. The zero-order valence-electron chi connectivity index (χ0n) is 16.3. The highest BCUT2D eigenvalue weighted by molar-refractivity contribution is 7.65. The van der Waals surface area contributed by atoms with Crippen LogP contribution in [0.15, 0.2) is 121 Å². The summed E-state index contributed by atoms with van der Waals surface area (Å²) in [6.07, 6.45) is 0. The van der Waals surface area contributed by atoms with Crippen LogP contribution >= 0.6 is 8.25 Å². The summed E-state index contributed by atoms with van der Waals surface area (Å²) in [6, 6.07) is 41.1. The van der Waals surface area contributed by atoms with E-state index in [0.717, 1.165) is 20.7 Å². The van der Waals surface area contributed by atoms with Gasteiger partial charge in [0.15, 0.2) is 0 Å². The molecule has 1 heterocycles. The molecule has 0 aromatic heterocycles. The largest absolute Gasteiger partial charge is 0.342 e. The molecule has 4 aromatic rings. The van der Waals surface area contributed by atoms with Crippen molar-refractivity contribution in [3.8, 4) is 0 Å². The van der Waals surface area contributed by atoms with E-state index >= 15 is 0 Å². The van der Waals surface area contributed by atoms with Crippen molar-refractivity contribution in [1.29, 1.82) is 0 Å². The SMILES string of the molecule is O=[PH]1O[Si](c2ccccc2)(c2ccccc2)[Si](c2ccccc2)(c2ccccc2)O1. The van der Waals surface area contributed by atoms with Gasteiger partial charge in [0.05, 0.1) is 0 Å². The molecule has 0 amide bonds. The summed E-state index contributed by atoms with van der Waals surface area (Å²) < 4.78 is 26.3. The Balaban J connectivity index is 1.94. The van der Waals surface area contributed by atoms with Gasteiger partial charge in [-0.2, -0.15) is 0 Å². The third-order valence-corrected chi connectivity index (χ3v) is 23.3. The molecule has 0 saturated carbocycles. The quantitative estimate of drug-likeness (QED) is 0.359. The molecule has 1 aliphatic heterocycles. The predicted octanol–water partition coefficient (Wildman–Crippen LogP) is 3.02. The average Bonchev–Trinajstić information content (AvgIpc) is 3.16. The molecule has 1 aliphatic rings. The van der Waals surface area contributed by atoms with Crippen LogP contribution in [0, 0.1) is 0 Å². The van der Waals surface area contributed by atoms with Crippen LogP contribution in [-0.4, -0.2) is 15.7 Å². The molecule has 0 aliphatic carbocycles. The van der Waals surface area contributed by atoms with Crippen molar-refractivity contribution in [2.45, 2.75) is 0 Å². The lowest BCUT2D eigenvalue weighted by molar-refractivity contribution is 0.451. The van der Waals surface area contributed by atoms with Gasteiger partial charge >= 0.3 is 8.25 Å². The van der Waals surface area contributed by atoms with Crippen LogP contribution in [0.3, 0.4) is 0 Å². The summed E-state index contributed by atoms with van der Waals surface area (Å²) >= 11 is 0. The summed E-state index contributed by atoms with van der Waals surface area (Å²) in [5, 5.41) is 4.36. The first kappa shape index (κ1) is 19.4. The van der Waals surface area contributed by atoms with E-state index in [2.05, 4.69) is 48.5 Å². The standard InChI is InChI=1S/C24H21O3PSi2/c25-28-26-29(21-13-5-1-6-14-21,22-15-7-2-8-16-22)30(27-28,23-17-9-3-10-18-23)24-19-11-4-12-20-24/h1-20,28H. The molecule has 0 spiro atoms. The topological polar surface area (TPSA) is 35.5 Å². The molecular formula is C24H21O3PSi2. The number of hydrogen-bond donors (Lipinski definition) is 0. The van der Waals surface area contributed by atoms with Crippen molar-refractivity contribution in [2.75, 3.05) is 0 Å². The molecule has 0 radical (unpaired) electrons. The van der Waals surface area contributed by atoms with E-state index in [1.54, 1.807) is 0 Å². The summed E-state index contributed by atoms with van der Waals surface area (Å²) in [4.78, 5) is 0. The second-order valence-corrected chi connectivity index (χ2v) is 18.7. The molecule has 5 rings (SSSR count). The fourth-order valence-corrected chi connectivity index (χ4v) is 26.0. The van der Waals surface area contributed by atoms with Crippen molar-refractivity contribution in [3.05, 3.63) is 121 Å². The molecule has 30 heavy (non-hydrogen) atoms. The molecule has 0 bridgehead atoms. The molecule has 1 saturated heterocycles. The van der Waals surface area contributed by atoms with Crippen LogP contribution in [0.4, 0.5) is 0 Å². The second-order valence-electron chi connectivity index (χ2n) is 7.28. The lowest BCUT2D eigenvalue weighted by atomic mass is 10.4. The van der Waals surface area contributed by atoms with E-state index in [0.29, 0.717) is 0 Å². The van der Waals surface area contributed by atoms with Gasteiger partial charge in [0.2, 0.25) is 0 Å². The highest BCUT2D eigenvalue weighted by atomic mass is 31.1. The smallest absolute Gasteiger partial charge is 0.300 e. The molecule has 0 unspecified atom stereocenters. The molecule has 0 atom stereocenters. The number of hydrogen-bond acceptors (Lipinski definition) is 3. The van der Waals surface area contributed by atoms with Gasteiger partial charge in [0.1, 0.15) is 0 Å². The Kier molecular flexibility index (Phi) is 5.15. The first-order valence-corrected chi connectivity index (χ1v) is 16.0. The Hall–Kier alpha value is -2.54. The molecule has 0 N–H and O–H groups in total. The summed E-state index contributed by atoms with van der Waals surface area (Å²) in [6.45, 7) is 0. The van der Waals surface area contributed by atoms with Gasteiger partial charge in [0, 0.05) is 0 Å². The number of rotatable bonds is 4. The van der Waals surface area contributed by atoms with Crippen molar-refractivity contribution in [1.82, 2.24) is 0 Å². The lowest BCUT2D eigenvalue weighted by Gasteiger charge is -2.39. The highest BCUT2D eigenvalue weighted by Gasteiger charge is 2.70. The van der Waals surface area contributed by atoms with Gasteiger partial charge in [-0.3, -0.25) is 4.57 Å². The third kappa shape index (κ3) is 2.90. The van der Waals surface area contributed by atoms with E-state index < -0.39 is 23.9 Å². The molecule has 4 aromatic carbocycles. The Bertz CT molecular complexity index is 984. The van der Waals surface area contributed by atoms with E-state index in [1.807, 2.05) is 72.8 Å². The van der Waals surface area contributed by atoms with Gasteiger partial charge in [0.25, 0.3) is 15.7 Å². The van der Waals surface area contributed by atoms with Gasteiger partial charge in [-0.1, -0.05) is 121 Å².